The number of methoxy groups -OCH3 is 1. The molecule has 5 nitrogen and oxygen atoms in total. The summed E-state index contributed by atoms with van der Waals surface area (Å²) in [6.45, 7) is 2.54. The molecule has 0 bridgehead atoms. The highest BCUT2D eigenvalue weighted by molar-refractivity contribution is 7.80. The van der Waals surface area contributed by atoms with Gasteiger partial charge < -0.3 is 19.3 Å². The van der Waals surface area contributed by atoms with Crippen LogP contribution in [0.1, 0.15) is 25.3 Å². The van der Waals surface area contributed by atoms with Gasteiger partial charge in [-0.1, -0.05) is 11.8 Å². The van der Waals surface area contributed by atoms with Gasteiger partial charge in [-0.25, -0.2) is 0 Å². The van der Waals surface area contributed by atoms with Gasteiger partial charge in [0.1, 0.15) is 17.6 Å². The monoisotopic (exact) mass is 385 g/mol. The third-order valence-corrected chi connectivity index (χ3v) is 4.21. The van der Waals surface area contributed by atoms with Gasteiger partial charge in [0.05, 0.1) is 13.7 Å². The summed E-state index contributed by atoms with van der Waals surface area (Å²) in [7, 11) is 3.33. The molecule has 1 heterocycles. The van der Waals surface area contributed by atoms with Crippen molar-refractivity contribution in [3.8, 4) is 23.3 Å². The molecule has 0 spiro atoms. The number of halogens is 1. The molecule has 1 aromatic carbocycles. The average molecular weight is 386 g/mol. The topological polar surface area (TPSA) is 60.3 Å². The van der Waals surface area contributed by atoms with E-state index in [1.54, 1.807) is 14.2 Å². The number of aliphatic imine (C=N–C) groups is 1. The Morgan fingerprint density at radius 2 is 2.24 bits per heavy atom. The van der Waals surface area contributed by atoms with Crippen LogP contribution in [-0.2, 0) is 4.74 Å². The molecule has 1 saturated heterocycles. The Bertz CT molecular complexity index is 671. The van der Waals surface area contributed by atoms with Gasteiger partial charge >= 0.3 is 0 Å². The molecule has 2 atom stereocenters. The minimum absolute atomic E-state index is 0. The third kappa shape index (κ3) is 6.12. The molecule has 1 aliphatic heterocycles. The maximum Gasteiger partial charge on any atom is 0.163 e. The summed E-state index contributed by atoms with van der Waals surface area (Å²) in [6, 6.07) is 5.64. The van der Waals surface area contributed by atoms with Crippen LogP contribution in [0.25, 0.3) is 0 Å². The van der Waals surface area contributed by atoms with Crippen LogP contribution >= 0.6 is 25.0 Å². The standard InChI is InChI=1S/C18H23NO4S.ClH/c1-13(19-2)14-5-6-15(21-3)16(11-14)22-9-4-7-18(20)8-10-23-17(24)12-18;/h5-6,11,17,20,24H,8-10,12H2,1-3H3;1H. The van der Waals surface area contributed by atoms with Gasteiger partial charge in [0.2, 0.25) is 0 Å². The zero-order valence-electron chi connectivity index (χ0n) is 14.6. The van der Waals surface area contributed by atoms with Gasteiger partial charge in [0, 0.05) is 25.6 Å². The molecular formula is C18H24ClNO4S. The summed E-state index contributed by atoms with van der Waals surface area (Å²) in [4.78, 5) is 4.17. The minimum atomic E-state index is -1.06. The first-order valence-corrected chi connectivity index (χ1v) is 8.26. The maximum atomic E-state index is 10.4. The fraction of sp³-hybridized carbons (Fsp3) is 0.500. The summed E-state index contributed by atoms with van der Waals surface area (Å²) >= 11 is 4.23. The van der Waals surface area contributed by atoms with E-state index >= 15 is 0 Å². The number of benzene rings is 1. The van der Waals surface area contributed by atoms with Gasteiger partial charge in [0.15, 0.2) is 11.5 Å². The second-order valence-corrected chi connectivity index (χ2v) is 6.15. The molecule has 1 aliphatic rings. The third-order valence-electron chi connectivity index (χ3n) is 3.88. The van der Waals surface area contributed by atoms with Crippen molar-refractivity contribution in [2.75, 3.05) is 27.4 Å². The average Bonchev–Trinajstić information content (AvgIpc) is 2.57. The summed E-state index contributed by atoms with van der Waals surface area (Å²) < 4.78 is 16.3. The van der Waals surface area contributed by atoms with E-state index in [0.29, 0.717) is 30.9 Å². The van der Waals surface area contributed by atoms with Crippen LogP contribution in [0.5, 0.6) is 11.5 Å². The first-order chi connectivity index (χ1) is 11.5. The number of hydrogen-bond acceptors (Lipinski definition) is 6. The Kier molecular flexibility index (Phi) is 8.60. The smallest absolute Gasteiger partial charge is 0.163 e. The summed E-state index contributed by atoms with van der Waals surface area (Å²) in [5, 5.41) is 10.4. The predicted octanol–water partition coefficient (Wildman–Crippen LogP) is 2.74. The second-order valence-electron chi connectivity index (χ2n) is 5.58. The van der Waals surface area contributed by atoms with Crippen LogP contribution in [0.2, 0.25) is 0 Å². The van der Waals surface area contributed by atoms with E-state index in [2.05, 4.69) is 29.5 Å². The van der Waals surface area contributed by atoms with Crippen LogP contribution in [0, 0.1) is 11.8 Å². The SMILES string of the molecule is CN=C(C)c1ccc(OC)c(OCC#CC2(O)CCOC(S)C2)c1.Cl. The van der Waals surface area contributed by atoms with Crippen molar-refractivity contribution in [2.24, 2.45) is 4.99 Å². The van der Waals surface area contributed by atoms with E-state index in [1.807, 2.05) is 25.1 Å². The Morgan fingerprint density at radius 3 is 2.88 bits per heavy atom. The van der Waals surface area contributed by atoms with Crippen molar-refractivity contribution in [1.82, 2.24) is 0 Å². The Labute approximate surface area is 160 Å². The highest BCUT2D eigenvalue weighted by Gasteiger charge is 2.31. The fourth-order valence-electron chi connectivity index (χ4n) is 2.39. The summed E-state index contributed by atoms with van der Waals surface area (Å²) in [5.41, 5.74) is 0.519. The lowest BCUT2D eigenvalue weighted by Gasteiger charge is -2.30. The van der Waals surface area contributed by atoms with Gasteiger partial charge in [-0.15, -0.1) is 25.0 Å². The maximum absolute atomic E-state index is 10.4. The minimum Gasteiger partial charge on any atom is -0.493 e. The van der Waals surface area contributed by atoms with Crippen molar-refractivity contribution < 1.29 is 19.3 Å². The number of hydrogen-bond donors (Lipinski definition) is 2. The van der Waals surface area contributed by atoms with Crippen molar-refractivity contribution in [3.63, 3.8) is 0 Å². The number of rotatable bonds is 4. The van der Waals surface area contributed by atoms with E-state index in [9.17, 15) is 5.11 Å². The number of thiol groups is 1. The second kappa shape index (κ2) is 9.93. The molecule has 0 amide bonds. The lowest BCUT2D eigenvalue weighted by molar-refractivity contribution is -0.0393. The van der Waals surface area contributed by atoms with Gasteiger partial charge in [-0.2, -0.15) is 0 Å². The Hall–Kier alpha value is -1.39. The number of ether oxygens (including phenoxy) is 3. The fourth-order valence-corrected chi connectivity index (χ4v) is 2.79. The molecule has 0 aliphatic carbocycles. The highest BCUT2D eigenvalue weighted by Crippen LogP contribution is 2.28. The van der Waals surface area contributed by atoms with Crippen molar-refractivity contribution in [1.29, 1.82) is 0 Å². The molecule has 2 unspecified atom stereocenters. The first kappa shape index (κ1) is 21.7. The van der Waals surface area contributed by atoms with Crippen LogP contribution in [-0.4, -0.2) is 49.2 Å². The molecule has 2 rings (SSSR count). The molecule has 7 heteroatoms. The van der Waals surface area contributed by atoms with E-state index < -0.39 is 5.60 Å². The van der Waals surface area contributed by atoms with Crippen LogP contribution < -0.4 is 9.47 Å². The van der Waals surface area contributed by atoms with Crippen LogP contribution in [0.4, 0.5) is 0 Å². The molecule has 0 saturated carbocycles. The molecule has 0 aromatic heterocycles. The molecule has 0 radical (unpaired) electrons. The predicted molar refractivity (Wildman–Crippen MR) is 105 cm³/mol. The van der Waals surface area contributed by atoms with Crippen LogP contribution in [0.3, 0.4) is 0 Å². The number of aliphatic hydroxyl groups is 1. The molecule has 25 heavy (non-hydrogen) atoms. The zero-order valence-corrected chi connectivity index (χ0v) is 16.3. The largest absolute Gasteiger partial charge is 0.493 e. The highest BCUT2D eigenvalue weighted by atomic mass is 35.5. The lowest BCUT2D eigenvalue weighted by Crippen LogP contribution is -2.37. The van der Waals surface area contributed by atoms with E-state index in [4.69, 9.17) is 14.2 Å². The van der Waals surface area contributed by atoms with Crippen molar-refractivity contribution in [2.45, 2.75) is 30.8 Å². The van der Waals surface area contributed by atoms with E-state index in [0.717, 1.165) is 11.3 Å². The van der Waals surface area contributed by atoms with Crippen LogP contribution in [0.15, 0.2) is 23.2 Å². The zero-order chi connectivity index (χ0) is 17.6. The van der Waals surface area contributed by atoms with Gasteiger partial charge in [-0.3, -0.25) is 4.99 Å². The van der Waals surface area contributed by atoms with E-state index in [-0.39, 0.29) is 24.4 Å². The van der Waals surface area contributed by atoms with Gasteiger partial charge in [0.25, 0.3) is 0 Å². The number of nitrogens with zero attached hydrogens (tertiary/aromatic N) is 1. The molecular weight excluding hydrogens is 362 g/mol. The van der Waals surface area contributed by atoms with Crippen molar-refractivity contribution >= 4 is 30.7 Å². The van der Waals surface area contributed by atoms with Gasteiger partial charge in [-0.05, 0) is 30.7 Å². The quantitative estimate of drug-likeness (QED) is 0.475. The first-order valence-electron chi connectivity index (χ1n) is 7.74. The molecule has 1 N–H and O–H groups in total. The molecule has 1 aromatic rings. The molecule has 1 fully saturated rings. The summed E-state index contributed by atoms with van der Waals surface area (Å²) in [5.74, 6) is 6.98. The molecule has 138 valence electrons. The van der Waals surface area contributed by atoms with E-state index in [1.165, 1.54) is 0 Å². The Morgan fingerprint density at radius 1 is 1.48 bits per heavy atom. The normalized spacial score (nSPS) is 23.1. The lowest BCUT2D eigenvalue weighted by atomic mass is 9.95. The summed E-state index contributed by atoms with van der Waals surface area (Å²) in [6.07, 6.45) is 0.857. The Balaban J connectivity index is 0.00000312. The van der Waals surface area contributed by atoms with Crippen molar-refractivity contribution in [3.05, 3.63) is 23.8 Å².